The lowest BCUT2D eigenvalue weighted by molar-refractivity contribution is 0.102. The number of H-pyrrole nitrogens is 1. The molecule has 0 spiro atoms. The lowest BCUT2D eigenvalue weighted by atomic mass is 10.3. The van der Waals surface area contributed by atoms with Crippen LogP contribution in [0.25, 0.3) is 0 Å². The highest BCUT2D eigenvalue weighted by Gasteiger charge is 2.12. The van der Waals surface area contributed by atoms with Gasteiger partial charge in [0.25, 0.3) is 5.91 Å². The van der Waals surface area contributed by atoms with Gasteiger partial charge in [-0.25, -0.2) is 0 Å². The summed E-state index contributed by atoms with van der Waals surface area (Å²) in [6.45, 7) is 0. The van der Waals surface area contributed by atoms with E-state index in [-0.39, 0.29) is 11.6 Å². The van der Waals surface area contributed by atoms with E-state index in [2.05, 4.69) is 38.1 Å². The Labute approximate surface area is 111 Å². The van der Waals surface area contributed by atoms with E-state index in [1.165, 1.54) is 6.20 Å². The van der Waals surface area contributed by atoms with Crippen molar-refractivity contribution in [1.82, 2.24) is 10.2 Å². The van der Waals surface area contributed by atoms with Gasteiger partial charge in [-0.2, -0.15) is 5.10 Å². The van der Waals surface area contributed by atoms with E-state index in [4.69, 9.17) is 11.6 Å². The van der Waals surface area contributed by atoms with Gasteiger partial charge >= 0.3 is 0 Å². The highest BCUT2D eigenvalue weighted by Crippen LogP contribution is 2.15. The third-order valence-electron chi connectivity index (χ3n) is 1.92. The zero-order chi connectivity index (χ0) is 11.5. The van der Waals surface area contributed by atoms with E-state index in [9.17, 15) is 4.79 Å². The van der Waals surface area contributed by atoms with Crippen molar-refractivity contribution in [2.45, 2.75) is 0 Å². The molecule has 0 aliphatic carbocycles. The number of benzene rings is 1. The molecule has 1 amide bonds. The second-order valence-corrected chi connectivity index (χ2v) is 4.71. The van der Waals surface area contributed by atoms with Crippen LogP contribution in [0.1, 0.15) is 10.5 Å². The summed E-state index contributed by atoms with van der Waals surface area (Å²) >= 11 is 7.97. The molecular formula is C10H7ClIN3O. The van der Waals surface area contributed by atoms with Gasteiger partial charge in [0, 0.05) is 9.26 Å². The second kappa shape index (κ2) is 4.84. The molecule has 0 fully saturated rings. The zero-order valence-corrected chi connectivity index (χ0v) is 10.9. The summed E-state index contributed by atoms with van der Waals surface area (Å²) in [5.41, 5.74) is 0.983. The highest BCUT2D eigenvalue weighted by atomic mass is 127. The third kappa shape index (κ3) is 2.53. The summed E-state index contributed by atoms with van der Waals surface area (Å²) in [7, 11) is 0. The van der Waals surface area contributed by atoms with Crippen molar-refractivity contribution in [2.75, 3.05) is 5.32 Å². The van der Waals surface area contributed by atoms with Crippen molar-refractivity contribution in [1.29, 1.82) is 0 Å². The molecule has 0 radical (unpaired) electrons. The van der Waals surface area contributed by atoms with Gasteiger partial charge in [0.05, 0.1) is 11.2 Å². The number of nitrogens with one attached hydrogen (secondary N) is 2. The first-order valence-electron chi connectivity index (χ1n) is 4.42. The first-order valence-corrected chi connectivity index (χ1v) is 5.88. The molecule has 1 heterocycles. The van der Waals surface area contributed by atoms with Crippen LogP contribution in [0.5, 0.6) is 0 Å². The fourth-order valence-corrected chi connectivity index (χ4v) is 1.69. The number of aromatic amines is 1. The molecule has 16 heavy (non-hydrogen) atoms. The van der Waals surface area contributed by atoms with Gasteiger partial charge in [-0.1, -0.05) is 11.6 Å². The quantitative estimate of drug-likeness (QED) is 0.821. The maximum absolute atomic E-state index is 11.7. The number of hydrogen-bond acceptors (Lipinski definition) is 2. The molecule has 2 rings (SSSR count). The fraction of sp³-hybridized carbons (Fsp3) is 0. The van der Waals surface area contributed by atoms with Crippen LogP contribution >= 0.6 is 34.2 Å². The molecule has 0 unspecified atom stereocenters. The minimum atomic E-state index is -0.302. The van der Waals surface area contributed by atoms with Gasteiger partial charge in [-0.3, -0.25) is 9.89 Å². The second-order valence-electron chi connectivity index (χ2n) is 3.05. The topological polar surface area (TPSA) is 57.8 Å². The monoisotopic (exact) mass is 347 g/mol. The Morgan fingerprint density at radius 2 is 2.06 bits per heavy atom. The van der Waals surface area contributed by atoms with Gasteiger partial charge in [0.15, 0.2) is 0 Å². The van der Waals surface area contributed by atoms with Gasteiger partial charge in [-0.15, -0.1) is 0 Å². The van der Waals surface area contributed by atoms with Gasteiger partial charge < -0.3 is 5.32 Å². The average molecular weight is 348 g/mol. The van der Waals surface area contributed by atoms with Crippen LogP contribution < -0.4 is 5.32 Å². The van der Waals surface area contributed by atoms with Crippen molar-refractivity contribution in [3.8, 4) is 0 Å². The number of nitrogens with zero attached hydrogens (tertiary/aromatic N) is 1. The highest BCUT2D eigenvalue weighted by molar-refractivity contribution is 14.1. The largest absolute Gasteiger partial charge is 0.321 e. The Morgan fingerprint density at radius 1 is 1.38 bits per heavy atom. The summed E-state index contributed by atoms with van der Waals surface area (Å²) in [6.07, 6.45) is 1.39. The van der Waals surface area contributed by atoms with Crippen LogP contribution in [-0.2, 0) is 0 Å². The molecule has 0 aliphatic rings. The number of carbonyl (C=O) groups excluding carboxylic acids is 1. The Bertz CT molecular complexity index is 509. The number of amides is 1. The van der Waals surface area contributed by atoms with Crippen LogP contribution in [0.4, 0.5) is 5.69 Å². The maximum atomic E-state index is 11.7. The average Bonchev–Trinajstić information content (AvgIpc) is 2.68. The van der Waals surface area contributed by atoms with E-state index in [0.29, 0.717) is 5.02 Å². The molecule has 82 valence electrons. The Morgan fingerprint density at radius 3 is 2.62 bits per heavy atom. The Hall–Kier alpha value is -1.08. The molecule has 4 nitrogen and oxygen atoms in total. The van der Waals surface area contributed by atoms with Crippen molar-refractivity contribution in [2.24, 2.45) is 0 Å². The summed E-state index contributed by atoms with van der Waals surface area (Å²) in [6, 6.07) is 7.46. The molecule has 0 aliphatic heterocycles. The molecule has 6 heteroatoms. The minimum Gasteiger partial charge on any atom is -0.321 e. The number of aromatic nitrogens is 2. The number of carbonyl (C=O) groups is 1. The normalized spacial score (nSPS) is 10.1. The number of rotatable bonds is 2. The van der Waals surface area contributed by atoms with E-state index in [0.717, 1.165) is 9.26 Å². The number of hydrogen-bond donors (Lipinski definition) is 2. The minimum absolute atomic E-state index is 0.264. The van der Waals surface area contributed by atoms with Crippen molar-refractivity contribution in [3.63, 3.8) is 0 Å². The summed E-state index contributed by atoms with van der Waals surface area (Å²) in [4.78, 5) is 11.7. The van der Waals surface area contributed by atoms with Crippen molar-refractivity contribution >= 4 is 45.8 Å². The summed E-state index contributed by atoms with van der Waals surface area (Å²) in [5, 5.41) is 9.24. The lowest BCUT2D eigenvalue weighted by Crippen LogP contribution is -2.12. The summed E-state index contributed by atoms with van der Waals surface area (Å²) in [5.74, 6) is -0.302. The maximum Gasteiger partial charge on any atom is 0.275 e. The Kier molecular flexibility index (Phi) is 3.45. The molecule has 2 N–H and O–H groups in total. The van der Waals surface area contributed by atoms with Crippen LogP contribution in [0.15, 0.2) is 30.5 Å². The summed E-state index contributed by atoms with van der Waals surface area (Å²) < 4.78 is 1.11. The molecule has 1 aromatic heterocycles. The van der Waals surface area contributed by atoms with Gasteiger partial charge in [0.1, 0.15) is 5.69 Å². The molecule has 0 bridgehead atoms. The first kappa shape index (κ1) is 11.4. The third-order valence-corrected chi connectivity index (χ3v) is 2.93. The van der Waals surface area contributed by atoms with E-state index in [1.807, 2.05) is 24.3 Å². The molecule has 0 atom stereocenters. The van der Waals surface area contributed by atoms with Gasteiger partial charge in [0.2, 0.25) is 0 Å². The molecule has 0 saturated carbocycles. The fourth-order valence-electron chi connectivity index (χ4n) is 1.16. The lowest BCUT2D eigenvalue weighted by Gasteiger charge is -2.03. The molecule has 0 saturated heterocycles. The number of anilines is 1. The molecular weight excluding hydrogens is 340 g/mol. The zero-order valence-electron chi connectivity index (χ0n) is 8.00. The number of halogens is 2. The van der Waals surface area contributed by atoms with Crippen LogP contribution in [0.3, 0.4) is 0 Å². The van der Waals surface area contributed by atoms with Crippen LogP contribution in [-0.4, -0.2) is 16.1 Å². The van der Waals surface area contributed by atoms with E-state index >= 15 is 0 Å². The SMILES string of the molecule is O=C(Nc1ccc(I)cc1)c1[nH]ncc1Cl. The van der Waals surface area contributed by atoms with Gasteiger partial charge in [-0.05, 0) is 46.9 Å². The van der Waals surface area contributed by atoms with Crippen LogP contribution in [0.2, 0.25) is 5.02 Å². The van der Waals surface area contributed by atoms with Crippen molar-refractivity contribution in [3.05, 3.63) is 44.7 Å². The van der Waals surface area contributed by atoms with Crippen molar-refractivity contribution < 1.29 is 4.79 Å². The predicted molar refractivity (Wildman–Crippen MR) is 70.7 cm³/mol. The first-order chi connectivity index (χ1) is 7.66. The smallest absolute Gasteiger partial charge is 0.275 e. The molecule has 2 aromatic rings. The molecule has 1 aromatic carbocycles. The van der Waals surface area contributed by atoms with E-state index < -0.39 is 0 Å². The van der Waals surface area contributed by atoms with E-state index in [1.54, 1.807) is 0 Å². The predicted octanol–water partition coefficient (Wildman–Crippen LogP) is 2.92. The van der Waals surface area contributed by atoms with Crippen LogP contribution in [0, 0.1) is 3.57 Å². The Balaban J connectivity index is 2.14. The standard InChI is InChI=1S/C10H7ClIN3O/c11-8-5-13-15-9(8)10(16)14-7-3-1-6(12)2-4-7/h1-5H,(H,13,15)(H,14,16).